The molecule has 0 bridgehead atoms. The van der Waals surface area contributed by atoms with Gasteiger partial charge in [0.05, 0.1) is 23.2 Å². The van der Waals surface area contributed by atoms with Crippen LogP contribution in [0.15, 0.2) is 66.4 Å². The number of Topliss-reactive ketones (excluding diaryl/α,β-unsaturated/α-hetero) is 1. The minimum Gasteiger partial charge on any atom is -0.497 e. The van der Waals surface area contributed by atoms with Crippen molar-refractivity contribution in [1.29, 1.82) is 0 Å². The summed E-state index contributed by atoms with van der Waals surface area (Å²) in [5.74, 6) is 2.03. The first kappa shape index (κ1) is 21.7. The lowest BCUT2D eigenvalue weighted by Gasteiger charge is -2.29. The van der Waals surface area contributed by atoms with E-state index in [1.54, 1.807) is 31.4 Å². The van der Waals surface area contributed by atoms with Gasteiger partial charge in [-0.25, -0.2) is 0 Å². The Balaban J connectivity index is 1.32. The molecule has 2 heterocycles. The fraction of sp³-hybridized carbons (Fsp3) is 0.192. The van der Waals surface area contributed by atoms with Crippen LogP contribution in [0.2, 0.25) is 0 Å². The summed E-state index contributed by atoms with van der Waals surface area (Å²) in [7, 11) is 1.65. The van der Waals surface area contributed by atoms with E-state index in [1.807, 2.05) is 30.3 Å². The van der Waals surface area contributed by atoms with Crippen molar-refractivity contribution in [2.45, 2.75) is 13.0 Å². The van der Waals surface area contributed by atoms with Crippen molar-refractivity contribution in [1.82, 2.24) is 4.90 Å². The summed E-state index contributed by atoms with van der Waals surface area (Å²) >= 11 is 0. The summed E-state index contributed by atoms with van der Waals surface area (Å²) in [5.41, 5.74) is 3.18. The van der Waals surface area contributed by atoms with Crippen molar-refractivity contribution in [3.05, 3.63) is 98.8 Å². The number of carbonyl (C=O) groups is 1. The second kappa shape index (κ2) is 8.99. The van der Waals surface area contributed by atoms with Gasteiger partial charge in [0, 0.05) is 25.2 Å². The maximum Gasteiger partial charge on any atom is 0.269 e. The molecule has 0 aromatic heterocycles. The largest absolute Gasteiger partial charge is 0.497 e. The Morgan fingerprint density at radius 2 is 1.85 bits per heavy atom. The highest BCUT2D eigenvalue weighted by Gasteiger charge is 2.33. The molecule has 8 heteroatoms. The molecule has 0 unspecified atom stereocenters. The molecule has 0 spiro atoms. The Morgan fingerprint density at radius 3 is 2.56 bits per heavy atom. The van der Waals surface area contributed by atoms with E-state index in [2.05, 4.69) is 4.90 Å². The lowest BCUT2D eigenvalue weighted by atomic mass is 10.0. The zero-order chi connectivity index (χ0) is 23.7. The number of carbonyl (C=O) groups excluding carboxylic acids is 1. The van der Waals surface area contributed by atoms with Crippen LogP contribution in [0.1, 0.15) is 27.0 Å². The Morgan fingerprint density at radius 1 is 1.09 bits per heavy atom. The second-order valence-electron chi connectivity index (χ2n) is 8.13. The van der Waals surface area contributed by atoms with Gasteiger partial charge in [0.2, 0.25) is 5.78 Å². The molecule has 0 saturated heterocycles. The summed E-state index contributed by atoms with van der Waals surface area (Å²) in [5, 5.41) is 10.9. The maximum absolute atomic E-state index is 12.9. The first-order valence-corrected chi connectivity index (χ1v) is 10.8. The number of ether oxygens (including phenoxy) is 3. The zero-order valence-electron chi connectivity index (χ0n) is 18.5. The smallest absolute Gasteiger partial charge is 0.269 e. The van der Waals surface area contributed by atoms with Crippen LogP contribution in [0.25, 0.3) is 6.08 Å². The fourth-order valence-corrected chi connectivity index (χ4v) is 4.07. The number of nitro benzene ring substituents is 1. The molecule has 0 N–H and O–H groups in total. The molecule has 0 aliphatic carbocycles. The highest BCUT2D eigenvalue weighted by molar-refractivity contribution is 6.15. The Hall–Kier alpha value is -4.17. The van der Waals surface area contributed by atoms with Gasteiger partial charge in [-0.3, -0.25) is 19.8 Å². The molecule has 0 radical (unpaired) electrons. The topological polar surface area (TPSA) is 91.1 Å². The van der Waals surface area contributed by atoms with Gasteiger partial charge in [-0.1, -0.05) is 12.1 Å². The Kier molecular flexibility index (Phi) is 5.73. The SMILES string of the molecule is COc1ccc(CCN2COc3ccc4c(c3C2)O/C(=C\c2ccc([N+](=O)[O-])cc2)C4=O)cc1. The van der Waals surface area contributed by atoms with Crippen LogP contribution in [-0.4, -0.2) is 36.0 Å². The number of hydrogen-bond acceptors (Lipinski definition) is 7. The summed E-state index contributed by atoms with van der Waals surface area (Å²) in [6, 6.07) is 17.5. The molecule has 0 amide bonds. The predicted molar refractivity (Wildman–Crippen MR) is 125 cm³/mol. The maximum atomic E-state index is 12.9. The van der Waals surface area contributed by atoms with Gasteiger partial charge in [-0.05, 0) is 60.0 Å². The third-order valence-electron chi connectivity index (χ3n) is 5.96. The van der Waals surface area contributed by atoms with Gasteiger partial charge in [-0.15, -0.1) is 0 Å². The number of allylic oxidation sites excluding steroid dienone is 1. The van der Waals surface area contributed by atoms with Gasteiger partial charge >= 0.3 is 0 Å². The monoisotopic (exact) mass is 458 g/mol. The van der Waals surface area contributed by atoms with Crippen LogP contribution in [0.4, 0.5) is 5.69 Å². The van der Waals surface area contributed by atoms with Gasteiger partial charge < -0.3 is 14.2 Å². The van der Waals surface area contributed by atoms with Crippen LogP contribution in [0.5, 0.6) is 17.2 Å². The molecule has 8 nitrogen and oxygen atoms in total. The molecule has 2 aliphatic heterocycles. The number of hydrogen-bond donors (Lipinski definition) is 0. The number of ketones is 1. The summed E-state index contributed by atoms with van der Waals surface area (Å²) in [6.07, 6.45) is 2.45. The number of rotatable bonds is 6. The van der Waals surface area contributed by atoms with Crippen LogP contribution in [-0.2, 0) is 13.0 Å². The van der Waals surface area contributed by atoms with Crippen LogP contribution in [0, 0.1) is 10.1 Å². The zero-order valence-corrected chi connectivity index (χ0v) is 18.5. The second-order valence-corrected chi connectivity index (χ2v) is 8.13. The summed E-state index contributed by atoms with van der Waals surface area (Å²) < 4.78 is 17.1. The molecule has 172 valence electrons. The van der Waals surface area contributed by atoms with Crippen molar-refractivity contribution in [2.24, 2.45) is 0 Å². The molecular weight excluding hydrogens is 436 g/mol. The van der Waals surface area contributed by atoms with Crippen LogP contribution < -0.4 is 14.2 Å². The number of nitrogens with zero attached hydrogens (tertiary/aromatic N) is 2. The number of non-ortho nitro benzene ring substituents is 1. The highest BCUT2D eigenvalue weighted by Crippen LogP contribution is 2.42. The first-order valence-electron chi connectivity index (χ1n) is 10.8. The quantitative estimate of drug-likeness (QED) is 0.303. The molecule has 34 heavy (non-hydrogen) atoms. The fourth-order valence-electron chi connectivity index (χ4n) is 4.07. The van der Waals surface area contributed by atoms with Crippen molar-refractivity contribution in [3.8, 4) is 17.2 Å². The molecule has 2 aliphatic rings. The van der Waals surface area contributed by atoms with Crippen LogP contribution in [0.3, 0.4) is 0 Å². The van der Waals surface area contributed by atoms with E-state index in [0.717, 1.165) is 24.3 Å². The van der Waals surface area contributed by atoms with E-state index < -0.39 is 4.92 Å². The number of fused-ring (bicyclic) bond motifs is 3. The third-order valence-corrected chi connectivity index (χ3v) is 5.96. The summed E-state index contributed by atoms with van der Waals surface area (Å²) in [4.78, 5) is 25.5. The molecule has 0 fully saturated rings. The van der Waals surface area contributed by atoms with Gasteiger partial charge in [0.15, 0.2) is 5.76 Å². The van der Waals surface area contributed by atoms with Gasteiger partial charge in [-0.2, -0.15) is 0 Å². The normalized spacial score (nSPS) is 15.9. The van der Waals surface area contributed by atoms with E-state index in [9.17, 15) is 14.9 Å². The highest BCUT2D eigenvalue weighted by atomic mass is 16.6. The Labute approximate surface area is 196 Å². The average Bonchev–Trinajstić information content (AvgIpc) is 3.18. The lowest BCUT2D eigenvalue weighted by molar-refractivity contribution is -0.384. The van der Waals surface area contributed by atoms with Crippen molar-refractivity contribution >= 4 is 17.5 Å². The van der Waals surface area contributed by atoms with E-state index in [4.69, 9.17) is 14.2 Å². The molecule has 0 atom stereocenters. The number of methoxy groups -OCH3 is 1. The van der Waals surface area contributed by atoms with Crippen molar-refractivity contribution in [3.63, 3.8) is 0 Å². The standard InChI is InChI=1S/C26H22N2O6/c1-32-20-8-4-17(5-9-20)12-13-27-15-22-23(33-16-27)11-10-21-25(29)24(34-26(21)22)14-18-2-6-19(7-3-18)28(30)31/h2-11,14H,12-13,15-16H2,1H3/b24-14-. The lowest BCUT2D eigenvalue weighted by Crippen LogP contribution is -2.33. The van der Waals surface area contributed by atoms with Gasteiger partial charge in [0.1, 0.15) is 24.0 Å². The molecule has 0 saturated carbocycles. The number of benzene rings is 3. The van der Waals surface area contributed by atoms with E-state index >= 15 is 0 Å². The van der Waals surface area contributed by atoms with E-state index in [1.165, 1.54) is 17.7 Å². The average molecular weight is 458 g/mol. The third kappa shape index (κ3) is 4.23. The molecule has 3 aromatic carbocycles. The Bertz CT molecular complexity index is 1280. The molecule has 3 aromatic rings. The minimum absolute atomic E-state index is 0.00921. The first-order chi connectivity index (χ1) is 16.5. The summed E-state index contributed by atoms with van der Waals surface area (Å²) in [6.45, 7) is 1.85. The molecular formula is C26H22N2O6. The van der Waals surface area contributed by atoms with E-state index in [-0.39, 0.29) is 17.2 Å². The molecule has 5 rings (SSSR count). The van der Waals surface area contributed by atoms with Crippen molar-refractivity contribution < 1.29 is 23.9 Å². The van der Waals surface area contributed by atoms with Crippen LogP contribution >= 0.6 is 0 Å². The predicted octanol–water partition coefficient (Wildman–Crippen LogP) is 4.61. The minimum atomic E-state index is -0.462. The van der Waals surface area contributed by atoms with Gasteiger partial charge in [0.25, 0.3) is 5.69 Å². The number of nitro groups is 1. The van der Waals surface area contributed by atoms with E-state index in [0.29, 0.717) is 35.9 Å². The van der Waals surface area contributed by atoms with Crippen molar-refractivity contribution in [2.75, 3.05) is 20.4 Å².